The lowest BCUT2D eigenvalue weighted by molar-refractivity contribution is -0.394. The molecule has 0 bridgehead atoms. The maximum atomic E-state index is 13.7. The fourth-order valence-corrected chi connectivity index (χ4v) is 2.06. The number of anilines is 1. The zero-order chi connectivity index (χ0) is 22.1. The fraction of sp³-hybridized carbons (Fsp3) is 0.0714. The van der Waals surface area contributed by atoms with Crippen molar-refractivity contribution in [3.05, 3.63) is 72.8 Å². The van der Waals surface area contributed by atoms with Crippen LogP contribution >= 0.6 is 0 Å². The number of nitrogens with zero attached hydrogens (tertiary/aromatic N) is 3. The molecule has 0 unspecified atom stereocenters. The highest BCUT2D eigenvalue weighted by atomic mass is 19.4. The first-order valence-corrected chi connectivity index (χ1v) is 7.01. The third-order valence-electron chi connectivity index (χ3n) is 3.35. The molecule has 0 saturated carbocycles. The van der Waals surface area contributed by atoms with Crippen molar-refractivity contribution in [2.24, 2.45) is 5.10 Å². The molecule has 0 heterocycles. The van der Waals surface area contributed by atoms with Crippen LogP contribution in [-0.4, -0.2) is 16.1 Å². The Bertz CT molecular complexity index is 1010. The number of alkyl halides is 3. The van der Waals surface area contributed by atoms with Crippen LogP contribution in [0, 0.1) is 43.5 Å². The van der Waals surface area contributed by atoms with Gasteiger partial charge in [-0.05, 0) is 6.07 Å². The van der Waals surface area contributed by atoms with Gasteiger partial charge >= 0.3 is 6.18 Å². The van der Waals surface area contributed by atoms with E-state index in [9.17, 15) is 51.0 Å². The van der Waals surface area contributed by atoms with Crippen LogP contribution < -0.4 is 5.43 Å². The lowest BCUT2D eigenvalue weighted by Crippen LogP contribution is -2.16. The topological polar surface area (TPSA) is 111 Å². The normalized spacial score (nSPS) is 11.7. The third kappa shape index (κ3) is 4.22. The summed E-state index contributed by atoms with van der Waals surface area (Å²) in [6.07, 6.45) is -5.22. The van der Waals surface area contributed by atoms with Gasteiger partial charge in [-0.2, -0.15) is 18.3 Å². The Labute approximate surface area is 154 Å². The van der Waals surface area contributed by atoms with Crippen LogP contribution in [0.5, 0.6) is 0 Å². The van der Waals surface area contributed by atoms with Crippen molar-refractivity contribution >= 4 is 23.3 Å². The second kappa shape index (κ2) is 7.69. The predicted molar refractivity (Wildman–Crippen MR) is 82.2 cm³/mol. The van der Waals surface area contributed by atoms with Crippen LogP contribution in [0.4, 0.5) is 47.8 Å². The van der Waals surface area contributed by atoms with Gasteiger partial charge in [-0.3, -0.25) is 25.7 Å². The molecule has 0 fully saturated rings. The van der Waals surface area contributed by atoms with E-state index in [1.54, 1.807) is 0 Å². The third-order valence-corrected chi connectivity index (χ3v) is 3.35. The fourth-order valence-electron chi connectivity index (χ4n) is 2.06. The summed E-state index contributed by atoms with van der Waals surface area (Å²) in [5.41, 5.74) is -5.04. The molecule has 0 atom stereocenters. The van der Waals surface area contributed by atoms with E-state index in [2.05, 4.69) is 5.10 Å². The zero-order valence-electron chi connectivity index (χ0n) is 13.4. The highest BCUT2D eigenvalue weighted by Crippen LogP contribution is 2.38. The summed E-state index contributed by atoms with van der Waals surface area (Å²) in [7, 11) is 0. The Morgan fingerprint density at radius 2 is 1.48 bits per heavy atom. The van der Waals surface area contributed by atoms with E-state index in [1.165, 1.54) is 5.43 Å². The molecule has 154 valence electrons. The van der Waals surface area contributed by atoms with E-state index in [0.29, 0.717) is 12.3 Å². The first kappa shape index (κ1) is 21.5. The van der Waals surface area contributed by atoms with E-state index in [-0.39, 0.29) is 0 Å². The minimum Gasteiger partial charge on any atom is -0.272 e. The van der Waals surface area contributed by atoms with E-state index >= 15 is 0 Å². The zero-order valence-corrected chi connectivity index (χ0v) is 13.4. The summed E-state index contributed by atoms with van der Waals surface area (Å²) in [5, 5.41) is 24.6. The Morgan fingerprint density at radius 3 is 1.93 bits per heavy atom. The van der Waals surface area contributed by atoms with Crippen LogP contribution in [0.2, 0.25) is 0 Å². The smallest absolute Gasteiger partial charge is 0.272 e. The SMILES string of the molecule is O=[N+]([O-])c1ccc(/C=N/Nc2c(F)c(F)c(C(F)(F)F)c(F)c2F)c([N+](=O)[O-])c1. The number of halogens is 7. The molecule has 15 heteroatoms. The van der Waals surface area contributed by atoms with Crippen molar-refractivity contribution < 1.29 is 40.6 Å². The molecule has 2 aromatic carbocycles. The van der Waals surface area contributed by atoms with Crippen molar-refractivity contribution in [3.63, 3.8) is 0 Å². The molecule has 2 aromatic rings. The van der Waals surface area contributed by atoms with Gasteiger partial charge in [0.1, 0.15) is 11.3 Å². The number of rotatable bonds is 5. The van der Waals surface area contributed by atoms with Gasteiger partial charge < -0.3 is 0 Å². The minimum atomic E-state index is -5.73. The number of hydrogen-bond donors (Lipinski definition) is 1. The van der Waals surface area contributed by atoms with Gasteiger partial charge in [-0.15, -0.1) is 0 Å². The van der Waals surface area contributed by atoms with Crippen LogP contribution in [0.25, 0.3) is 0 Å². The maximum absolute atomic E-state index is 13.7. The highest BCUT2D eigenvalue weighted by Gasteiger charge is 2.42. The summed E-state index contributed by atoms with van der Waals surface area (Å²) in [4.78, 5) is 19.6. The molecule has 8 nitrogen and oxygen atoms in total. The molecule has 1 N–H and O–H groups in total. The van der Waals surface area contributed by atoms with E-state index in [0.717, 1.165) is 12.1 Å². The van der Waals surface area contributed by atoms with Gasteiger partial charge in [0.25, 0.3) is 11.4 Å². The van der Waals surface area contributed by atoms with Gasteiger partial charge in [-0.1, -0.05) is 0 Å². The summed E-state index contributed by atoms with van der Waals surface area (Å²) in [6.45, 7) is 0. The van der Waals surface area contributed by atoms with Crippen molar-refractivity contribution in [2.75, 3.05) is 5.43 Å². The second-order valence-corrected chi connectivity index (χ2v) is 5.13. The molecule has 0 aromatic heterocycles. The van der Waals surface area contributed by atoms with Crippen LogP contribution in [0.3, 0.4) is 0 Å². The number of nitro benzene ring substituents is 2. The molecular weight excluding hydrogens is 421 g/mol. The summed E-state index contributed by atoms with van der Waals surface area (Å²) in [6, 6.07) is 2.20. The second-order valence-electron chi connectivity index (χ2n) is 5.13. The van der Waals surface area contributed by atoms with Crippen molar-refractivity contribution in [3.8, 4) is 0 Å². The number of hydrogen-bond acceptors (Lipinski definition) is 6. The van der Waals surface area contributed by atoms with E-state index in [4.69, 9.17) is 0 Å². The average molecular weight is 426 g/mol. The molecule has 0 aliphatic carbocycles. The molecule has 0 aliphatic heterocycles. The molecule has 0 spiro atoms. The molecule has 29 heavy (non-hydrogen) atoms. The number of hydrazone groups is 1. The van der Waals surface area contributed by atoms with Crippen molar-refractivity contribution in [2.45, 2.75) is 6.18 Å². The minimum absolute atomic E-state index is 0.429. The lowest BCUT2D eigenvalue weighted by Gasteiger charge is -2.13. The van der Waals surface area contributed by atoms with Gasteiger partial charge in [-0.25, -0.2) is 17.6 Å². The van der Waals surface area contributed by atoms with E-state index < -0.39 is 67.5 Å². The highest BCUT2D eigenvalue weighted by molar-refractivity contribution is 5.86. The summed E-state index contributed by atoms with van der Waals surface area (Å²) in [5.74, 6) is -10.3. The molecule has 2 rings (SSSR count). The summed E-state index contributed by atoms with van der Waals surface area (Å²) < 4.78 is 91.9. The predicted octanol–water partition coefficient (Wildman–Crippen LogP) is 4.52. The van der Waals surface area contributed by atoms with Crippen molar-refractivity contribution in [1.29, 1.82) is 0 Å². The maximum Gasteiger partial charge on any atom is 0.422 e. The number of benzene rings is 2. The Kier molecular flexibility index (Phi) is 5.70. The van der Waals surface area contributed by atoms with Crippen molar-refractivity contribution in [1.82, 2.24) is 0 Å². The number of nitrogens with one attached hydrogen (secondary N) is 1. The number of non-ortho nitro benzene ring substituents is 1. The van der Waals surface area contributed by atoms with Crippen LogP contribution in [0.15, 0.2) is 23.3 Å². The molecule has 0 radical (unpaired) electrons. The quantitative estimate of drug-likeness (QED) is 0.248. The molecular formula is C14H5F7N4O4. The van der Waals surface area contributed by atoms with Crippen LogP contribution in [0.1, 0.15) is 11.1 Å². The van der Waals surface area contributed by atoms with E-state index in [1.807, 2.05) is 0 Å². The summed E-state index contributed by atoms with van der Waals surface area (Å²) >= 11 is 0. The number of nitro groups is 2. The standard InChI is InChI=1S/C14H5F7N4O4/c15-9-8(14(19,20)21)10(16)12(18)13(11(9)17)23-22-4-5-1-2-6(24(26)27)3-7(5)25(28)29/h1-4,23H/b22-4+. The van der Waals surface area contributed by atoms with Gasteiger partial charge in [0.05, 0.1) is 27.7 Å². The Balaban J connectivity index is 2.44. The first-order valence-electron chi connectivity index (χ1n) is 7.01. The largest absolute Gasteiger partial charge is 0.422 e. The first-order chi connectivity index (χ1) is 13.4. The Morgan fingerprint density at radius 1 is 0.931 bits per heavy atom. The molecule has 0 amide bonds. The lowest BCUT2D eigenvalue weighted by atomic mass is 10.1. The van der Waals surface area contributed by atoms with Gasteiger partial charge in [0.15, 0.2) is 23.3 Å². The van der Waals surface area contributed by atoms with Crippen LogP contribution in [-0.2, 0) is 6.18 Å². The molecule has 0 aliphatic rings. The average Bonchev–Trinajstić information content (AvgIpc) is 2.61. The van der Waals surface area contributed by atoms with Gasteiger partial charge in [0, 0.05) is 6.07 Å². The molecule has 0 saturated heterocycles. The van der Waals surface area contributed by atoms with Gasteiger partial charge in [0.2, 0.25) is 0 Å². The Hall–Kier alpha value is -3.78. The monoisotopic (exact) mass is 426 g/mol.